The first-order valence-corrected chi connectivity index (χ1v) is 5.26. The molecule has 1 atom stereocenters. The highest BCUT2D eigenvalue weighted by Gasteiger charge is 2.18. The van der Waals surface area contributed by atoms with E-state index in [0.29, 0.717) is 0 Å². The standard InChI is InChI=1S/C12H18/c1-10-8-9-11-6-4-2-3-5-7-12(10)11/h8-9,11H,2-7H2,1H3. The van der Waals surface area contributed by atoms with Gasteiger partial charge in [0, 0.05) is 0 Å². The summed E-state index contributed by atoms with van der Waals surface area (Å²) in [6.07, 6.45) is 13.3. The van der Waals surface area contributed by atoms with E-state index < -0.39 is 0 Å². The molecule has 0 amide bonds. The van der Waals surface area contributed by atoms with E-state index in [9.17, 15) is 0 Å². The van der Waals surface area contributed by atoms with Gasteiger partial charge in [-0.15, -0.1) is 0 Å². The zero-order chi connectivity index (χ0) is 8.39. The summed E-state index contributed by atoms with van der Waals surface area (Å²) in [5.41, 5.74) is 3.30. The van der Waals surface area contributed by atoms with Crippen LogP contribution >= 0.6 is 0 Å². The van der Waals surface area contributed by atoms with E-state index in [4.69, 9.17) is 0 Å². The first-order valence-electron chi connectivity index (χ1n) is 5.26. The van der Waals surface area contributed by atoms with E-state index in [2.05, 4.69) is 19.1 Å². The third-order valence-corrected chi connectivity index (χ3v) is 3.24. The van der Waals surface area contributed by atoms with Gasteiger partial charge in [-0.25, -0.2) is 0 Å². The highest BCUT2D eigenvalue weighted by molar-refractivity contribution is 5.35. The zero-order valence-electron chi connectivity index (χ0n) is 7.97. The molecular formula is C12H18. The maximum Gasteiger partial charge on any atom is -0.00143 e. The molecule has 0 aromatic heterocycles. The van der Waals surface area contributed by atoms with Crippen molar-refractivity contribution >= 4 is 0 Å². The molecule has 66 valence electrons. The van der Waals surface area contributed by atoms with Crippen molar-refractivity contribution in [1.82, 2.24) is 0 Å². The van der Waals surface area contributed by atoms with E-state index in [1.165, 1.54) is 38.5 Å². The van der Waals surface area contributed by atoms with Gasteiger partial charge in [-0.1, -0.05) is 42.6 Å². The Morgan fingerprint density at radius 1 is 1.17 bits per heavy atom. The Morgan fingerprint density at radius 3 is 2.92 bits per heavy atom. The summed E-state index contributed by atoms with van der Waals surface area (Å²) in [7, 11) is 0. The van der Waals surface area contributed by atoms with Crippen LogP contribution in [0.3, 0.4) is 0 Å². The lowest BCUT2D eigenvalue weighted by Crippen LogP contribution is -2.02. The predicted molar refractivity (Wildman–Crippen MR) is 53.0 cm³/mol. The summed E-state index contributed by atoms with van der Waals surface area (Å²) >= 11 is 0. The second-order valence-electron chi connectivity index (χ2n) is 4.13. The first-order chi connectivity index (χ1) is 5.88. The quantitative estimate of drug-likeness (QED) is 0.507. The van der Waals surface area contributed by atoms with Crippen molar-refractivity contribution in [2.45, 2.75) is 45.4 Å². The molecule has 0 nitrogen and oxygen atoms in total. The topological polar surface area (TPSA) is 0 Å². The summed E-state index contributed by atoms with van der Waals surface area (Å²) in [5, 5.41) is 0. The molecule has 1 unspecified atom stereocenters. The van der Waals surface area contributed by atoms with E-state index in [-0.39, 0.29) is 0 Å². The minimum absolute atomic E-state index is 0.824. The van der Waals surface area contributed by atoms with Crippen molar-refractivity contribution in [3.63, 3.8) is 0 Å². The maximum absolute atomic E-state index is 2.41. The lowest BCUT2D eigenvalue weighted by molar-refractivity contribution is 0.517. The maximum atomic E-state index is 2.41. The highest BCUT2D eigenvalue weighted by Crippen LogP contribution is 2.34. The number of fused-ring (bicyclic) bond motifs is 1. The second kappa shape index (κ2) is 3.47. The number of hydrogen-bond donors (Lipinski definition) is 0. The Morgan fingerprint density at radius 2 is 2.00 bits per heavy atom. The largest absolute Gasteiger partial charge is 0.0771 e. The second-order valence-corrected chi connectivity index (χ2v) is 4.13. The minimum atomic E-state index is 0.824. The molecule has 0 N–H and O–H groups in total. The van der Waals surface area contributed by atoms with Crippen molar-refractivity contribution in [2.75, 3.05) is 0 Å². The van der Waals surface area contributed by atoms with Gasteiger partial charge in [0.1, 0.15) is 0 Å². The summed E-state index contributed by atoms with van der Waals surface area (Å²) in [4.78, 5) is 0. The molecule has 0 bridgehead atoms. The van der Waals surface area contributed by atoms with Crippen molar-refractivity contribution < 1.29 is 0 Å². The highest BCUT2D eigenvalue weighted by atomic mass is 14.2. The normalized spacial score (nSPS) is 29.9. The van der Waals surface area contributed by atoms with Crippen molar-refractivity contribution in [3.05, 3.63) is 23.3 Å². The zero-order valence-corrected chi connectivity index (χ0v) is 7.97. The van der Waals surface area contributed by atoms with E-state index in [0.717, 1.165) is 5.92 Å². The summed E-state index contributed by atoms with van der Waals surface area (Å²) in [5.74, 6) is 0.824. The van der Waals surface area contributed by atoms with Crippen LogP contribution in [0.4, 0.5) is 0 Å². The van der Waals surface area contributed by atoms with Gasteiger partial charge in [0.15, 0.2) is 0 Å². The Bertz CT molecular complexity index is 220. The molecule has 0 radical (unpaired) electrons. The van der Waals surface area contributed by atoms with Crippen molar-refractivity contribution in [2.24, 2.45) is 5.92 Å². The molecule has 2 rings (SSSR count). The van der Waals surface area contributed by atoms with Gasteiger partial charge in [-0.2, -0.15) is 0 Å². The molecule has 0 heteroatoms. The van der Waals surface area contributed by atoms with Crippen molar-refractivity contribution in [1.29, 1.82) is 0 Å². The molecular weight excluding hydrogens is 144 g/mol. The molecule has 1 fully saturated rings. The first kappa shape index (κ1) is 8.10. The van der Waals surface area contributed by atoms with Crippen LogP contribution in [-0.4, -0.2) is 0 Å². The van der Waals surface area contributed by atoms with Crippen LogP contribution in [0.5, 0.6) is 0 Å². The van der Waals surface area contributed by atoms with E-state index in [1.807, 2.05) is 0 Å². The molecule has 0 aromatic rings. The molecule has 0 aliphatic heterocycles. The molecule has 0 heterocycles. The minimum Gasteiger partial charge on any atom is -0.0771 e. The molecule has 2 aliphatic rings. The Balaban J connectivity index is 2.11. The lowest BCUT2D eigenvalue weighted by atomic mass is 9.88. The smallest absolute Gasteiger partial charge is 0.00143 e. The average Bonchev–Trinajstić information content (AvgIpc) is 2.31. The fourth-order valence-electron chi connectivity index (χ4n) is 2.46. The van der Waals surface area contributed by atoms with Crippen LogP contribution in [0.1, 0.15) is 45.4 Å². The Hall–Kier alpha value is -0.520. The van der Waals surface area contributed by atoms with Crippen LogP contribution in [-0.2, 0) is 0 Å². The third kappa shape index (κ3) is 1.48. The van der Waals surface area contributed by atoms with Crippen LogP contribution in [0.25, 0.3) is 0 Å². The van der Waals surface area contributed by atoms with Crippen molar-refractivity contribution in [3.8, 4) is 0 Å². The van der Waals surface area contributed by atoms with Gasteiger partial charge >= 0.3 is 0 Å². The van der Waals surface area contributed by atoms with Gasteiger partial charge in [-0.3, -0.25) is 0 Å². The molecule has 0 aromatic carbocycles. The van der Waals surface area contributed by atoms with Crippen LogP contribution in [0.2, 0.25) is 0 Å². The Kier molecular flexibility index (Phi) is 2.34. The van der Waals surface area contributed by atoms with Gasteiger partial charge < -0.3 is 0 Å². The van der Waals surface area contributed by atoms with Gasteiger partial charge in [0.25, 0.3) is 0 Å². The fraction of sp³-hybridized carbons (Fsp3) is 0.667. The molecule has 0 spiro atoms. The number of allylic oxidation sites excluding steroid dienone is 4. The molecule has 2 aliphatic carbocycles. The number of rotatable bonds is 0. The third-order valence-electron chi connectivity index (χ3n) is 3.24. The van der Waals surface area contributed by atoms with Gasteiger partial charge in [-0.05, 0) is 32.1 Å². The van der Waals surface area contributed by atoms with Crippen LogP contribution in [0, 0.1) is 5.92 Å². The number of hydrogen-bond acceptors (Lipinski definition) is 0. The summed E-state index contributed by atoms with van der Waals surface area (Å²) < 4.78 is 0. The molecule has 1 saturated carbocycles. The van der Waals surface area contributed by atoms with Crippen LogP contribution in [0.15, 0.2) is 23.3 Å². The average molecular weight is 162 g/mol. The SMILES string of the molecule is CC1=C2CCCCCCC2C=C1. The summed E-state index contributed by atoms with van der Waals surface area (Å²) in [6.45, 7) is 2.27. The monoisotopic (exact) mass is 162 g/mol. The van der Waals surface area contributed by atoms with Gasteiger partial charge in [0.05, 0.1) is 0 Å². The lowest BCUT2D eigenvalue weighted by Gasteiger charge is -2.17. The fourth-order valence-corrected chi connectivity index (χ4v) is 2.46. The molecule has 0 saturated heterocycles. The Labute approximate surface area is 75.4 Å². The van der Waals surface area contributed by atoms with E-state index >= 15 is 0 Å². The van der Waals surface area contributed by atoms with Crippen LogP contribution < -0.4 is 0 Å². The van der Waals surface area contributed by atoms with E-state index in [1.54, 1.807) is 11.1 Å². The molecule has 12 heavy (non-hydrogen) atoms. The van der Waals surface area contributed by atoms with Gasteiger partial charge in [0.2, 0.25) is 0 Å². The summed E-state index contributed by atoms with van der Waals surface area (Å²) in [6, 6.07) is 0. The predicted octanol–water partition coefficient (Wildman–Crippen LogP) is 3.84.